The number of hydrogen-bond acceptors (Lipinski definition) is 3. The molecule has 4 heterocycles. The standard InChI is InChI=1S/C24H23BN3O/c1-16-13-22(27(4)15-20(16)18-9-6-5-7-10-18)28-17(2)23-19-11-8-12-26-24(19)29-21(23)14-25(28)3/h5-15H,1-4H3/q+1. The van der Waals surface area contributed by atoms with Crippen LogP contribution in [0.1, 0.15) is 12.5 Å². The normalized spacial score (nSPS) is 13.6. The summed E-state index contributed by atoms with van der Waals surface area (Å²) < 4.78 is 8.24. The van der Waals surface area contributed by atoms with Gasteiger partial charge >= 0.3 is 6.85 Å². The average molecular weight is 380 g/mol. The van der Waals surface area contributed by atoms with Crippen molar-refractivity contribution in [3.8, 4) is 11.1 Å². The SMILES string of the molecule is CB1C=c2oc3ncccc3c2=C(C)N1c1cc(C)c(-c2ccccc2)c[n+]1C. The van der Waals surface area contributed by atoms with Crippen molar-refractivity contribution in [1.29, 1.82) is 0 Å². The highest BCUT2D eigenvalue weighted by atomic mass is 16.3. The Hall–Kier alpha value is -3.34. The summed E-state index contributed by atoms with van der Waals surface area (Å²) in [7, 11) is 2.12. The lowest BCUT2D eigenvalue weighted by Gasteiger charge is -2.24. The summed E-state index contributed by atoms with van der Waals surface area (Å²) in [6, 6.07) is 16.9. The lowest BCUT2D eigenvalue weighted by Crippen LogP contribution is -2.50. The van der Waals surface area contributed by atoms with Crippen molar-refractivity contribution in [1.82, 2.24) is 4.98 Å². The molecule has 0 unspecified atom stereocenters. The Kier molecular flexibility index (Phi) is 4.05. The maximum atomic E-state index is 6.03. The third-order valence-electron chi connectivity index (χ3n) is 5.80. The van der Waals surface area contributed by atoms with E-state index in [-0.39, 0.29) is 6.85 Å². The quantitative estimate of drug-likeness (QED) is 0.396. The second kappa shape index (κ2) is 6.62. The molecule has 0 saturated heterocycles. The highest BCUT2D eigenvalue weighted by molar-refractivity contribution is 6.77. The largest absolute Gasteiger partial charge is 0.439 e. The van der Waals surface area contributed by atoms with Crippen molar-refractivity contribution in [3.63, 3.8) is 0 Å². The van der Waals surface area contributed by atoms with Gasteiger partial charge < -0.3 is 4.42 Å². The van der Waals surface area contributed by atoms with Gasteiger partial charge in [-0.3, -0.25) is 4.81 Å². The van der Waals surface area contributed by atoms with Crippen LogP contribution in [0.2, 0.25) is 6.82 Å². The first-order valence-corrected chi connectivity index (χ1v) is 9.96. The van der Waals surface area contributed by atoms with Crippen molar-refractivity contribution in [3.05, 3.63) is 77.1 Å². The van der Waals surface area contributed by atoms with E-state index < -0.39 is 0 Å². The Balaban J connectivity index is 1.71. The first-order chi connectivity index (χ1) is 14.0. The molecule has 0 amide bonds. The molecule has 4 aromatic rings. The van der Waals surface area contributed by atoms with Crippen molar-refractivity contribution in [2.75, 3.05) is 4.81 Å². The minimum atomic E-state index is 0.177. The van der Waals surface area contributed by atoms with Crippen LogP contribution in [0.3, 0.4) is 0 Å². The summed E-state index contributed by atoms with van der Waals surface area (Å²) in [4.78, 5) is 6.78. The molecule has 0 spiro atoms. The third kappa shape index (κ3) is 2.77. The molecule has 0 fully saturated rings. The summed E-state index contributed by atoms with van der Waals surface area (Å²) >= 11 is 0. The van der Waals surface area contributed by atoms with Gasteiger partial charge in [-0.15, -0.1) is 0 Å². The van der Waals surface area contributed by atoms with E-state index in [9.17, 15) is 0 Å². The fraction of sp³-hybridized carbons (Fsp3) is 0.167. The number of nitrogens with zero attached hydrogens (tertiary/aromatic N) is 3. The minimum Gasteiger partial charge on any atom is -0.439 e. The van der Waals surface area contributed by atoms with Crippen molar-refractivity contribution < 1.29 is 8.98 Å². The number of rotatable bonds is 2. The summed E-state index contributed by atoms with van der Waals surface area (Å²) in [6.45, 7) is 6.73. The molecule has 0 aliphatic carbocycles. The lowest BCUT2D eigenvalue weighted by molar-refractivity contribution is -0.657. The zero-order valence-electron chi connectivity index (χ0n) is 17.2. The number of hydrogen-bond donors (Lipinski definition) is 0. The van der Waals surface area contributed by atoms with Gasteiger partial charge in [0.15, 0.2) is 0 Å². The lowest BCUT2D eigenvalue weighted by atomic mass is 9.61. The second-order valence-corrected chi connectivity index (χ2v) is 7.77. The third-order valence-corrected chi connectivity index (χ3v) is 5.80. The molecule has 29 heavy (non-hydrogen) atoms. The first kappa shape index (κ1) is 17.7. The Labute approximate surface area is 170 Å². The number of aryl methyl sites for hydroxylation is 2. The van der Waals surface area contributed by atoms with Gasteiger partial charge in [-0.25, -0.2) is 9.55 Å². The molecule has 1 aliphatic rings. The van der Waals surface area contributed by atoms with Crippen LogP contribution in [0, 0.1) is 6.92 Å². The van der Waals surface area contributed by atoms with E-state index in [1.807, 2.05) is 6.07 Å². The molecule has 0 bridgehead atoms. The van der Waals surface area contributed by atoms with Crippen LogP contribution in [0.25, 0.3) is 33.9 Å². The predicted molar refractivity (Wildman–Crippen MR) is 119 cm³/mol. The van der Waals surface area contributed by atoms with Gasteiger partial charge in [-0.2, -0.15) is 0 Å². The van der Waals surface area contributed by atoms with Crippen molar-refractivity contribution in [2.24, 2.45) is 7.05 Å². The van der Waals surface area contributed by atoms with E-state index in [1.54, 1.807) is 6.20 Å². The molecule has 1 aliphatic heterocycles. The summed E-state index contributed by atoms with van der Waals surface area (Å²) in [5.74, 6) is 3.34. The van der Waals surface area contributed by atoms with Gasteiger partial charge in [0.1, 0.15) is 5.42 Å². The van der Waals surface area contributed by atoms with Gasteiger partial charge in [0.2, 0.25) is 5.71 Å². The number of aromatic nitrogens is 2. The fourth-order valence-electron chi connectivity index (χ4n) is 4.44. The van der Waals surface area contributed by atoms with E-state index in [1.165, 1.54) is 22.4 Å². The molecule has 1 aromatic carbocycles. The van der Waals surface area contributed by atoms with Crippen LogP contribution < -0.4 is 20.0 Å². The van der Waals surface area contributed by atoms with E-state index in [0.717, 1.165) is 21.8 Å². The number of fused-ring (bicyclic) bond motifs is 3. The molecular weight excluding hydrogens is 357 g/mol. The van der Waals surface area contributed by atoms with Gasteiger partial charge in [-0.05, 0) is 49.9 Å². The van der Waals surface area contributed by atoms with Crippen LogP contribution >= 0.6 is 0 Å². The molecule has 0 radical (unpaired) electrons. The van der Waals surface area contributed by atoms with E-state index in [0.29, 0.717) is 5.71 Å². The second-order valence-electron chi connectivity index (χ2n) is 7.77. The molecule has 4 nitrogen and oxygen atoms in total. The monoisotopic (exact) mass is 380 g/mol. The molecule has 5 rings (SSSR count). The van der Waals surface area contributed by atoms with Gasteiger partial charge in [0.05, 0.1) is 29.5 Å². The van der Waals surface area contributed by atoms with Crippen LogP contribution in [-0.4, -0.2) is 11.8 Å². The molecule has 142 valence electrons. The number of anilines is 1. The van der Waals surface area contributed by atoms with Gasteiger partial charge in [-0.1, -0.05) is 30.3 Å². The fourth-order valence-corrected chi connectivity index (χ4v) is 4.44. The maximum Gasteiger partial charge on any atom is 0.405 e. The molecule has 3 aromatic heterocycles. The van der Waals surface area contributed by atoms with Crippen molar-refractivity contribution >= 4 is 35.4 Å². The molecule has 0 atom stereocenters. The molecular formula is C24H23BN3O+. The average Bonchev–Trinajstić information content (AvgIpc) is 3.09. The Morgan fingerprint density at radius 2 is 1.86 bits per heavy atom. The zero-order chi connectivity index (χ0) is 20.1. The van der Waals surface area contributed by atoms with Gasteiger partial charge in [0.25, 0.3) is 5.82 Å². The first-order valence-electron chi connectivity index (χ1n) is 9.96. The summed E-state index contributed by atoms with van der Waals surface area (Å²) in [5, 5.41) is 2.20. The highest BCUT2D eigenvalue weighted by Crippen LogP contribution is 2.27. The van der Waals surface area contributed by atoms with E-state index in [2.05, 4.69) is 96.7 Å². The zero-order valence-corrected chi connectivity index (χ0v) is 17.2. The topological polar surface area (TPSA) is 33.2 Å². The van der Waals surface area contributed by atoms with E-state index >= 15 is 0 Å². The Bertz CT molecular complexity index is 1360. The number of pyridine rings is 2. The maximum absolute atomic E-state index is 6.03. The highest BCUT2D eigenvalue weighted by Gasteiger charge is 2.34. The van der Waals surface area contributed by atoms with Crippen LogP contribution in [0.15, 0.2) is 65.3 Å². The smallest absolute Gasteiger partial charge is 0.405 e. The molecule has 5 heteroatoms. The Morgan fingerprint density at radius 1 is 1.07 bits per heavy atom. The van der Waals surface area contributed by atoms with Gasteiger partial charge in [0, 0.05) is 17.8 Å². The van der Waals surface area contributed by atoms with Crippen LogP contribution in [0.5, 0.6) is 0 Å². The summed E-state index contributed by atoms with van der Waals surface area (Å²) in [6.07, 6.45) is 4.00. The number of benzene rings is 1. The summed E-state index contributed by atoms with van der Waals surface area (Å²) in [5.41, 5.74) is 6.54. The van der Waals surface area contributed by atoms with Crippen LogP contribution in [-0.2, 0) is 7.05 Å². The van der Waals surface area contributed by atoms with E-state index in [4.69, 9.17) is 4.42 Å². The minimum absolute atomic E-state index is 0.177. The molecule has 0 N–H and O–H groups in total. The predicted octanol–water partition coefficient (Wildman–Crippen LogP) is 3.22. The van der Waals surface area contributed by atoms with Crippen molar-refractivity contribution in [2.45, 2.75) is 20.7 Å². The van der Waals surface area contributed by atoms with Crippen LogP contribution in [0.4, 0.5) is 5.82 Å². The Morgan fingerprint density at radius 3 is 2.66 bits per heavy atom. The molecule has 0 saturated carbocycles. The number of furan rings is 1.